The number of aromatic nitrogens is 1. The lowest BCUT2D eigenvalue weighted by atomic mass is 9.98. The summed E-state index contributed by atoms with van der Waals surface area (Å²) in [7, 11) is 1.95. The van der Waals surface area contributed by atoms with E-state index in [-0.39, 0.29) is 5.82 Å². The first-order valence-corrected chi connectivity index (χ1v) is 9.81. The van der Waals surface area contributed by atoms with Crippen molar-refractivity contribution >= 4 is 21.9 Å². The van der Waals surface area contributed by atoms with Crippen LogP contribution in [0.2, 0.25) is 0 Å². The highest BCUT2D eigenvalue weighted by Crippen LogP contribution is 2.42. The molecule has 2 aromatic heterocycles. The summed E-state index contributed by atoms with van der Waals surface area (Å²) in [6, 6.07) is 17.8. The van der Waals surface area contributed by atoms with Gasteiger partial charge in [0.05, 0.1) is 16.5 Å². The minimum absolute atomic E-state index is 0.348. The second kappa shape index (κ2) is 6.77. The van der Waals surface area contributed by atoms with Crippen molar-refractivity contribution in [2.24, 2.45) is 7.05 Å². The monoisotopic (exact) mass is 400 g/mol. The summed E-state index contributed by atoms with van der Waals surface area (Å²) in [6.45, 7) is 3.88. The Balaban J connectivity index is 1.95. The number of rotatable bonds is 2. The predicted molar refractivity (Wildman–Crippen MR) is 115 cm³/mol. The van der Waals surface area contributed by atoms with Crippen LogP contribution in [-0.2, 0) is 7.05 Å². The van der Waals surface area contributed by atoms with Crippen LogP contribution in [0.4, 0.5) is 8.78 Å². The van der Waals surface area contributed by atoms with E-state index in [4.69, 9.17) is 4.42 Å². The van der Waals surface area contributed by atoms with Gasteiger partial charge < -0.3 is 4.42 Å². The highest BCUT2D eigenvalue weighted by molar-refractivity contribution is 6.13. The van der Waals surface area contributed by atoms with Crippen LogP contribution in [0.25, 0.3) is 44.3 Å². The standard InChI is InChI=1S/C26H20F2NO/c1-15-11-12-29(3)21(13-15)22-16(2)14-20(28)24-18-9-10-19(27)23(25(18)30-26(22)24)17-7-5-4-6-8-17/h4-14H,1-3H3/q+1. The average Bonchev–Trinajstić information content (AvgIpc) is 3.10. The summed E-state index contributed by atoms with van der Waals surface area (Å²) in [5.41, 5.74) is 5.42. The van der Waals surface area contributed by atoms with Crippen molar-refractivity contribution in [3.05, 3.63) is 89.6 Å². The fourth-order valence-corrected chi connectivity index (χ4v) is 4.18. The fourth-order valence-electron chi connectivity index (χ4n) is 4.18. The van der Waals surface area contributed by atoms with Gasteiger partial charge >= 0.3 is 0 Å². The van der Waals surface area contributed by atoms with Crippen LogP contribution in [0.15, 0.2) is 71.3 Å². The van der Waals surface area contributed by atoms with Gasteiger partial charge in [0.1, 0.15) is 24.3 Å². The van der Waals surface area contributed by atoms with Crippen molar-refractivity contribution in [2.75, 3.05) is 0 Å². The van der Waals surface area contributed by atoms with E-state index < -0.39 is 5.82 Å². The van der Waals surface area contributed by atoms with E-state index in [0.29, 0.717) is 33.1 Å². The van der Waals surface area contributed by atoms with Crippen LogP contribution >= 0.6 is 0 Å². The van der Waals surface area contributed by atoms with Crippen molar-refractivity contribution in [1.82, 2.24) is 0 Å². The van der Waals surface area contributed by atoms with Gasteiger partial charge in [0, 0.05) is 17.5 Å². The average molecular weight is 400 g/mol. The summed E-state index contributed by atoms with van der Waals surface area (Å²) in [5, 5.41) is 0.948. The number of pyridine rings is 1. The van der Waals surface area contributed by atoms with Gasteiger partial charge in [0.15, 0.2) is 11.8 Å². The molecule has 30 heavy (non-hydrogen) atoms. The van der Waals surface area contributed by atoms with Crippen LogP contribution in [0, 0.1) is 25.5 Å². The molecule has 4 heteroatoms. The van der Waals surface area contributed by atoms with Crippen molar-refractivity contribution in [2.45, 2.75) is 13.8 Å². The third-order valence-electron chi connectivity index (χ3n) is 5.63. The van der Waals surface area contributed by atoms with Crippen LogP contribution in [0.5, 0.6) is 0 Å². The number of nitrogens with zero attached hydrogens (tertiary/aromatic N) is 1. The van der Waals surface area contributed by atoms with E-state index in [2.05, 4.69) is 0 Å². The molecule has 0 aliphatic rings. The van der Waals surface area contributed by atoms with E-state index in [9.17, 15) is 4.39 Å². The van der Waals surface area contributed by atoms with Crippen LogP contribution in [0.1, 0.15) is 11.1 Å². The summed E-state index contributed by atoms with van der Waals surface area (Å²) in [4.78, 5) is 0. The van der Waals surface area contributed by atoms with Gasteiger partial charge in [0.2, 0.25) is 5.69 Å². The van der Waals surface area contributed by atoms with Gasteiger partial charge in [-0.3, -0.25) is 0 Å². The molecule has 0 N–H and O–H groups in total. The first-order chi connectivity index (χ1) is 14.5. The van der Waals surface area contributed by atoms with E-state index in [0.717, 1.165) is 22.4 Å². The lowest BCUT2D eigenvalue weighted by Crippen LogP contribution is -2.30. The molecule has 0 unspecified atom stereocenters. The summed E-state index contributed by atoms with van der Waals surface area (Å²) >= 11 is 0. The Labute approximate surface area is 173 Å². The van der Waals surface area contributed by atoms with E-state index in [1.54, 1.807) is 6.07 Å². The molecule has 5 rings (SSSR count). The number of fused-ring (bicyclic) bond motifs is 3. The largest absolute Gasteiger partial charge is 0.454 e. The van der Waals surface area contributed by atoms with E-state index in [1.807, 2.05) is 74.1 Å². The molecular formula is C26H20F2NO+. The summed E-state index contributed by atoms with van der Waals surface area (Å²) < 4.78 is 38.3. The molecule has 0 saturated heterocycles. The van der Waals surface area contributed by atoms with E-state index >= 15 is 4.39 Å². The second-order valence-corrected chi connectivity index (χ2v) is 7.72. The van der Waals surface area contributed by atoms with Crippen LogP contribution < -0.4 is 4.57 Å². The fraction of sp³-hybridized carbons (Fsp3) is 0.115. The van der Waals surface area contributed by atoms with Crippen molar-refractivity contribution < 1.29 is 17.8 Å². The molecule has 3 aromatic carbocycles. The molecule has 2 heterocycles. The molecule has 0 saturated carbocycles. The Morgan fingerprint density at radius 2 is 1.57 bits per heavy atom. The van der Waals surface area contributed by atoms with Crippen LogP contribution in [-0.4, -0.2) is 0 Å². The molecule has 0 radical (unpaired) electrons. The number of aryl methyl sites for hydroxylation is 3. The number of hydrogen-bond acceptors (Lipinski definition) is 1. The maximum absolute atomic E-state index is 15.2. The molecular weight excluding hydrogens is 380 g/mol. The molecule has 0 atom stereocenters. The molecule has 2 nitrogen and oxygen atoms in total. The third kappa shape index (κ3) is 2.71. The number of furan rings is 1. The highest BCUT2D eigenvalue weighted by Gasteiger charge is 2.25. The Kier molecular flexibility index (Phi) is 4.17. The molecule has 0 aliphatic heterocycles. The Hall–Kier alpha value is -3.53. The van der Waals surface area contributed by atoms with Gasteiger partial charge in [-0.2, -0.15) is 0 Å². The van der Waals surface area contributed by atoms with Crippen molar-refractivity contribution in [1.29, 1.82) is 0 Å². The van der Waals surface area contributed by atoms with Gasteiger partial charge in [-0.1, -0.05) is 30.3 Å². The smallest absolute Gasteiger partial charge is 0.216 e. The lowest BCUT2D eigenvalue weighted by Gasteiger charge is -2.07. The number of halogens is 2. The summed E-state index contributed by atoms with van der Waals surface area (Å²) in [5.74, 6) is -0.765. The highest BCUT2D eigenvalue weighted by atomic mass is 19.1. The van der Waals surface area contributed by atoms with Gasteiger partial charge in [-0.25, -0.2) is 13.3 Å². The molecule has 5 aromatic rings. The molecule has 0 bridgehead atoms. The van der Waals surface area contributed by atoms with Crippen molar-refractivity contribution in [3.63, 3.8) is 0 Å². The number of hydrogen-bond donors (Lipinski definition) is 0. The maximum Gasteiger partial charge on any atom is 0.216 e. The van der Waals surface area contributed by atoms with E-state index in [1.165, 1.54) is 12.1 Å². The van der Waals surface area contributed by atoms with Gasteiger partial charge in [0.25, 0.3) is 0 Å². The Morgan fingerprint density at radius 3 is 2.33 bits per heavy atom. The quantitative estimate of drug-likeness (QED) is 0.304. The molecule has 148 valence electrons. The van der Waals surface area contributed by atoms with Gasteiger partial charge in [-0.05, 0) is 48.7 Å². The first-order valence-electron chi connectivity index (χ1n) is 9.81. The predicted octanol–water partition coefficient (Wildman–Crippen LogP) is 6.64. The Morgan fingerprint density at radius 1 is 0.800 bits per heavy atom. The zero-order valence-corrected chi connectivity index (χ0v) is 17.0. The Bertz CT molecular complexity index is 1430. The SMILES string of the molecule is Cc1cc[n+](C)c(-c2c(C)cc(F)c3c2oc2c(-c4ccccc4)c(F)ccc23)c1. The minimum atomic E-state index is -0.396. The van der Waals surface area contributed by atoms with Crippen molar-refractivity contribution in [3.8, 4) is 22.4 Å². The zero-order valence-electron chi connectivity index (χ0n) is 17.0. The zero-order chi connectivity index (χ0) is 21.0. The normalized spacial score (nSPS) is 11.5. The molecule has 0 fully saturated rings. The molecule has 0 spiro atoms. The minimum Gasteiger partial charge on any atom is -0.454 e. The maximum atomic E-state index is 15.2. The lowest BCUT2D eigenvalue weighted by molar-refractivity contribution is -0.660. The van der Waals surface area contributed by atoms with Gasteiger partial charge in [-0.15, -0.1) is 0 Å². The van der Waals surface area contributed by atoms with Crippen LogP contribution in [0.3, 0.4) is 0 Å². The first kappa shape index (κ1) is 18.5. The number of benzene rings is 3. The summed E-state index contributed by atoms with van der Waals surface area (Å²) in [6.07, 6.45) is 1.97. The second-order valence-electron chi connectivity index (χ2n) is 7.72. The molecule has 0 amide bonds. The topological polar surface area (TPSA) is 17.0 Å². The molecule has 0 aliphatic carbocycles. The third-order valence-corrected chi connectivity index (χ3v) is 5.63.